The summed E-state index contributed by atoms with van der Waals surface area (Å²) in [4.78, 5) is 0. The van der Waals surface area contributed by atoms with Gasteiger partial charge in [-0.25, -0.2) is 0 Å². The van der Waals surface area contributed by atoms with Crippen molar-refractivity contribution < 1.29 is 21.5 Å². The highest BCUT2D eigenvalue weighted by Crippen LogP contribution is 1.99. The van der Waals surface area contributed by atoms with E-state index in [-0.39, 0.29) is 17.0 Å². The van der Waals surface area contributed by atoms with Crippen LogP contribution in [0.15, 0.2) is 60.9 Å². The topological polar surface area (TPSA) is 3.88 Å². The largest absolute Gasteiger partial charge is 1.00 e. The van der Waals surface area contributed by atoms with Crippen molar-refractivity contribution in [3.05, 3.63) is 66.5 Å². The minimum atomic E-state index is 0. The normalized spacial score (nSPS) is 9.87. The van der Waals surface area contributed by atoms with Crippen molar-refractivity contribution in [1.29, 1.82) is 0 Å². The van der Waals surface area contributed by atoms with Crippen molar-refractivity contribution in [3.8, 4) is 0 Å². The van der Waals surface area contributed by atoms with Gasteiger partial charge in [-0.05, 0) is 5.56 Å². The second-order valence-electron chi connectivity index (χ2n) is 3.05. The van der Waals surface area contributed by atoms with E-state index in [0.29, 0.717) is 0 Å². The summed E-state index contributed by atoms with van der Waals surface area (Å²) < 4.78 is 2.02. The Balaban J connectivity index is 0.00000112. The van der Waals surface area contributed by atoms with E-state index in [0.717, 1.165) is 0 Å². The Hall–Kier alpha value is -1.41. The first-order valence-electron chi connectivity index (χ1n) is 4.64. The monoisotopic (exact) mass is 261 g/mol. The van der Waals surface area contributed by atoms with Crippen LogP contribution in [0.5, 0.6) is 0 Å². The van der Waals surface area contributed by atoms with Crippen LogP contribution in [0.4, 0.5) is 0 Å². The quantitative estimate of drug-likeness (QED) is 0.649. The molecule has 0 fully saturated rings. The molecule has 2 aromatic rings. The molecule has 0 N–H and O–H groups in total. The Kier molecular flexibility index (Phi) is 4.78. The molecule has 0 saturated heterocycles. The average Bonchev–Trinajstić information content (AvgIpc) is 2.29. The minimum absolute atomic E-state index is 0. The molecule has 0 aliphatic rings. The molecular weight excluding hydrogens is 250 g/mol. The van der Waals surface area contributed by atoms with E-state index in [1.54, 1.807) is 0 Å². The fraction of sp³-hybridized carbons (Fsp3) is 0. The van der Waals surface area contributed by atoms with Gasteiger partial charge in [0.1, 0.15) is 0 Å². The number of aromatic nitrogens is 1. The van der Waals surface area contributed by atoms with E-state index in [9.17, 15) is 0 Å². The second kappa shape index (κ2) is 6.14. The molecular formula is C13H12BrN. The van der Waals surface area contributed by atoms with Crippen LogP contribution in [0, 0.1) is 0 Å². The Morgan fingerprint density at radius 3 is 2.07 bits per heavy atom. The van der Waals surface area contributed by atoms with E-state index in [1.807, 2.05) is 59.6 Å². The molecule has 0 atom stereocenters. The summed E-state index contributed by atoms with van der Waals surface area (Å²) >= 11 is 0. The van der Waals surface area contributed by atoms with Crippen molar-refractivity contribution in [2.75, 3.05) is 0 Å². The summed E-state index contributed by atoms with van der Waals surface area (Å²) in [5.41, 5.74) is 1.21. The summed E-state index contributed by atoms with van der Waals surface area (Å²) in [6, 6.07) is 16.3. The lowest BCUT2D eigenvalue weighted by Crippen LogP contribution is -3.00. The Labute approximate surface area is 100 Å². The Morgan fingerprint density at radius 1 is 0.800 bits per heavy atom. The van der Waals surface area contributed by atoms with Gasteiger partial charge in [-0.3, -0.25) is 0 Å². The Morgan fingerprint density at radius 2 is 1.40 bits per heavy atom. The maximum atomic E-state index is 2.08. The number of pyridine rings is 1. The lowest BCUT2D eigenvalue weighted by Gasteiger charge is -1.88. The molecule has 2 rings (SSSR count). The second-order valence-corrected chi connectivity index (χ2v) is 3.05. The first-order valence-corrected chi connectivity index (χ1v) is 4.64. The summed E-state index contributed by atoms with van der Waals surface area (Å²) in [6.45, 7) is 0. The van der Waals surface area contributed by atoms with Gasteiger partial charge in [0.05, 0.1) is 0 Å². The number of hydrogen-bond donors (Lipinski definition) is 0. The van der Waals surface area contributed by atoms with Gasteiger partial charge in [-0.2, -0.15) is 4.57 Å². The van der Waals surface area contributed by atoms with Crippen LogP contribution in [0.3, 0.4) is 0 Å². The number of benzene rings is 1. The van der Waals surface area contributed by atoms with Crippen LogP contribution in [0.25, 0.3) is 12.3 Å². The molecule has 0 radical (unpaired) electrons. The van der Waals surface area contributed by atoms with Crippen LogP contribution in [0.1, 0.15) is 5.56 Å². The van der Waals surface area contributed by atoms with Gasteiger partial charge in [0, 0.05) is 18.2 Å². The van der Waals surface area contributed by atoms with Crippen LogP contribution in [-0.2, 0) is 0 Å². The van der Waals surface area contributed by atoms with E-state index in [4.69, 9.17) is 0 Å². The number of hydrogen-bond acceptors (Lipinski definition) is 0. The molecule has 15 heavy (non-hydrogen) atoms. The molecule has 1 nitrogen and oxygen atoms in total. The highest BCUT2D eigenvalue weighted by atomic mass is 79.9. The predicted octanol–water partition coefficient (Wildman–Crippen LogP) is -0.394. The molecule has 0 bridgehead atoms. The van der Waals surface area contributed by atoms with E-state index in [2.05, 4.69) is 18.2 Å². The lowest BCUT2D eigenvalue weighted by atomic mass is 10.2. The van der Waals surface area contributed by atoms with E-state index in [1.165, 1.54) is 5.56 Å². The molecule has 2 heteroatoms. The number of nitrogens with zero attached hydrogens (tertiary/aromatic N) is 1. The molecule has 0 amide bonds. The van der Waals surface area contributed by atoms with Gasteiger partial charge in [-0.15, -0.1) is 0 Å². The van der Waals surface area contributed by atoms with Gasteiger partial charge in [0.25, 0.3) is 0 Å². The van der Waals surface area contributed by atoms with Crippen LogP contribution < -0.4 is 21.5 Å². The zero-order valence-corrected chi connectivity index (χ0v) is 9.84. The smallest absolute Gasteiger partial charge is 0.175 e. The maximum absolute atomic E-state index is 2.08. The van der Waals surface area contributed by atoms with Crippen LogP contribution in [0.2, 0.25) is 0 Å². The molecule has 1 heterocycles. The zero-order valence-electron chi connectivity index (χ0n) is 8.25. The van der Waals surface area contributed by atoms with Crippen molar-refractivity contribution in [2.45, 2.75) is 0 Å². The molecule has 0 aliphatic carbocycles. The molecule has 1 aromatic carbocycles. The predicted molar refractivity (Wildman–Crippen MR) is 58.3 cm³/mol. The molecule has 1 aromatic heterocycles. The average molecular weight is 262 g/mol. The number of rotatable bonds is 2. The maximum Gasteiger partial charge on any atom is 0.175 e. The SMILES string of the molecule is C(=C\[n+]1ccccc1)/c1ccccc1.[Br-]. The summed E-state index contributed by atoms with van der Waals surface area (Å²) in [7, 11) is 0. The van der Waals surface area contributed by atoms with Gasteiger partial charge in [0.15, 0.2) is 18.6 Å². The molecule has 76 valence electrons. The van der Waals surface area contributed by atoms with Crippen molar-refractivity contribution >= 4 is 12.3 Å². The summed E-state index contributed by atoms with van der Waals surface area (Å²) in [5, 5.41) is 0. The first kappa shape index (κ1) is 11.7. The van der Waals surface area contributed by atoms with Gasteiger partial charge in [0.2, 0.25) is 0 Å². The van der Waals surface area contributed by atoms with Crippen LogP contribution in [-0.4, -0.2) is 0 Å². The fourth-order valence-electron chi connectivity index (χ4n) is 1.25. The molecule has 0 aliphatic heterocycles. The van der Waals surface area contributed by atoms with Crippen LogP contribution >= 0.6 is 0 Å². The first-order chi connectivity index (χ1) is 6.95. The van der Waals surface area contributed by atoms with Crippen molar-refractivity contribution in [1.82, 2.24) is 0 Å². The van der Waals surface area contributed by atoms with Crippen molar-refractivity contribution in [3.63, 3.8) is 0 Å². The van der Waals surface area contributed by atoms with Gasteiger partial charge < -0.3 is 17.0 Å². The minimum Gasteiger partial charge on any atom is -1.00 e. The van der Waals surface area contributed by atoms with Gasteiger partial charge in [-0.1, -0.05) is 36.4 Å². The highest BCUT2D eigenvalue weighted by Gasteiger charge is 1.89. The molecule has 0 saturated carbocycles. The highest BCUT2D eigenvalue weighted by molar-refractivity contribution is 5.56. The fourth-order valence-corrected chi connectivity index (χ4v) is 1.25. The zero-order chi connectivity index (χ0) is 9.64. The summed E-state index contributed by atoms with van der Waals surface area (Å²) in [6.07, 6.45) is 8.15. The molecule has 0 unspecified atom stereocenters. The van der Waals surface area contributed by atoms with Crippen molar-refractivity contribution in [2.24, 2.45) is 0 Å². The third-order valence-corrected chi connectivity index (χ3v) is 1.98. The standard InChI is InChI=1S/C13H12N.BrH/c1-3-7-13(8-4-1)9-12-14-10-5-2-6-11-14;/h1-12H;1H/q+1;/p-1/b12-9+;. The van der Waals surface area contributed by atoms with E-state index < -0.39 is 0 Å². The molecule has 0 spiro atoms. The van der Waals surface area contributed by atoms with Gasteiger partial charge >= 0.3 is 0 Å². The lowest BCUT2D eigenvalue weighted by molar-refractivity contribution is -0.567. The Bertz CT molecular complexity index is 368. The van der Waals surface area contributed by atoms with E-state index >= 15 is 0 Å². The summed E-state index contributed by atoms with van der Waals surface area (Å²) in [5.74, 6) is 0. The number of halogens is 1. The third kappa shape index (κ3) is 3.68. The third-order valence-electron chi connectivity index (χ3n) is 1.98.